The molecule has 2 saturated heterocycles. The van der Waals surface area contributed by atoms with E-state index in [9.17, 15) is 9.59 Å². The quantitative estimate of drug-likeness (QED) is 0.789. The third kappa shape index (κ3) is 4.00. The maximum atomic E-state index is 13.4. The average molecular weight is 397 g/mol. The third-order valence-corrected chi connectivity index (χ3v) is 5.99. The van der Waals surface area contributed by atoms with E-state index in [0.717, 1.165) is 37.5 Å². The van der Waals surface area contributed by atoms with E-state index in [4.69, 9.17) is 9.15 Å². The van der Waals surface area contributed by atoms with E-state index in [1.807, 2.05) is 29.2 Å². The molecule has 2 amide bonds. The van der Waals surface area contributed by atoms with Gasteiger partial charge in [-0.2, -0.15) is 0 Å². The minimum atomic E-state index is -0.274. The van der Waals surface area contributed by atoms with Crippen LogP contribution in [-0.4, -0.2) is 79.9 Å². The van der Waals surface area contributed by atoms with Crippen molar-refractivity contribution < 1.29 is 18.7 Å². The van der Waals surface area contributed by atoms with Gasteiger partial charge in [0.1, 0.15) is 5.75 Å². The Hall–Kier alpha value is -2.80. The molecule has 1 aromatic heterocycles. The lowest BCUT2D eigenvalue weighted by Gasteiger charge is -2.35. The van der Waals surface area contributed by atoms with Crippen LogP contribution in [0.15, 0.2) is 47.1 Å². The topological polar surface area (TPSA) is 66.2 Å². The number of furan rings is 1. The maximum absolute atomic E-state index is 13.4. The molecular weight excluding hydrogens is 370 g/mol. The number of ether oxygens (including phenoxy) is 1. The second kappa shape index (κ2) is 8.29. The summed E-state index contributed by atoms with van der Waals surface area (Å²) < 4.78 is 10.7. The first-order chi connectivity index (χ1) is 14.1. The van der Waals surface area contributed by atoms with Crippen molar-refractivity contribution in [2.75, 3.05) is 53.4 Å². The van der Waals surface area contributed by atoms with Gasteiger partial charge in [-0.3, -0.25) is 9.59 Å². The van der Waals surface area contributed by atoms with Crippen molar-refractivity contribution in [1.29, 1.82) is 0 Å². The van der Waals surface area contributed by atoms with Crippen LogP contribution in [0.3, 0.4) is 0 Å². The smallest absolute Gasteiger partial charge is 0.289 e. The van der Waals surface area contributed by atoms with Gasteiger partial charge < -0.3 is 23.9 Å². The molecule has 7 nitrogen and oxygen atoms in total. The van der Waals surface area contributed by atoms with Crippen molar-refractivity contribution >= 4 is 11.8 Å². The second-order valence-corrected chi connectivity index (χ2v) is 7.81. The molecule has 4 rings (SSSR count). The molecular formula is C22H27N3O4. The number of amides is 2. The number of hydrogen-bond acceptors (Lipinski definition) is 5. The van der Waals surface area contributed by atoms with Gasteiger partial charge in [0.25, 0.3) is 5.91 Å². The van der Waals surface area contributed by atoms with E-state index in [1.54, 1.807) is 24.1 Å². The molecule has 0 spiro atoms. The Morgan fingerprint density at radius 2 is 1.83 bits per heavy atom. The van der Waals surface area contributed by atoms with Crippen LogP contribution >= 0.6 is 0 Å². The fourth-order valence-corrected chi connectivity index (χ4v) is 4.25. The normalized spacial score (nSPS) is 22.7. The van der Waals surface area contributed by atoms with Crippen LogP contribution in [0.4, 0.5) is 0 Å². The third-order valence-electron chi connectivity index (χ3n) is 5.99. The fourth-order valence-electron chi connectivity index (χ4n) is 4.25. The molecule has 0 saturated carbocycles. The van der Waals surface area contributed by atoms with Gasteiger partial charge in [0.2, 0.25) is 5.91 Å². The molecule has 2 atom stereocenters. The summed E-state index contributed by atoms with van der Waals surface area (Å²) in [5, 5.41) is 0. The lowest BCUT2D eigenvalue weighted by molar-refractivity contribution is -0.137. The van der Waals surface area contributed by atoms with Crippen LogP contribution in [0.25, 0.3) is 0 Å². The Labute approximate surface area is 170 Å². The van der Waals surface area contributed by atoms with E-state index in [1.165, 1.54) is 6.26 Å². The summed E-state index contributed by atoms with van der Waals surface area (Å²) in [5.41, 5.74) is 1.02. The zero-order chi connectivity index (χ0) is 20.4. The Morgan fingerprint density at radius 1 is 1.03 bits per heavy atom. The lowest BCUT2D eigenvalue weighted by atomic mass is 9.87. The maximum Gasteiger partial charge on any atom is 0.289 e. The first kappa shape index (κ1) is 19.5. The van der Waals surface area contributed by atoms with E-state index < -0.39 is 0 Å². The number of rotatable bonds is 4. The molecule has 2 aliphatic rings. The minimum Gasteiger partial charge on any atom is -0.497 e. The van der Waals surface area contributed by atoms with Gasteiger partial charge in [0, 0.05) is 45.2 Å². The predicted octanol–water partition coefficient (Wildman–Crippen LogP) is 1.92. The minimum absolute atomic E-state index is 0.0730. The van der Waals surface area contributed by atoms with E-state index in [0.29, 0.717) is 18.8 Å². The number of likely N-dealkylation sites (N-methyl/N-ethyl adjacent to an activating group) is 1. The van der Waals surface area contributed by atoms with Crippen molar-refractivity contribution in [2.45, 2.75) is 5.92 Å². The zero-order valence-corrected chi connectivity index (χ0v) is 16.9. The van der Waals surface area contributed by atoms with E-state index in [2.05, 4.69) is 11.9 Å². The summed E-state index contributed by atoms with van der Waals surface area (Å²) in [7, 11) is 3.70. The number of benzene rings is 1. The second-order valence-electron chi connectivity index (χ2n) is 7.81. The van der Waals surface area contributed by atoms with Gasteiger partial charge in [-0.1, -0.05) is 12.1 Å². The summed E-state index contributed by atoms with van der Waals surface area (Å²) in [4.78, 5) is 32.2. The van der Waals surface area contributed by atoms with Crippen molar-refractivity contribution in [1.82, 2.24) is 14.7 Å². The Kier molecular flexibility index (Phi) is 5.58. The van der Waals surface area contributed by atoms with Gasteiger partial charge in [-0.25, -0.2) is 0 Å². The highest BCUT2D eigenvalue weighted by molar-refractivity contribution is 5.92. The molecule has 0 radical (unpaired) electrons. The standard InChI is InChI=1S/C22H27N3O4/c1-23-8-10-24(11-9-23)21(26)19-15-25(22(27)20-7-4-12-29-20)14-18(19)16-5-3-6-17(13-16)28-2/h3-7,12-13,18-19H,8-11,14-15H2,1-2H3. The molecule has 29 heavy (non-hydrogen) atoms. The number of nitrogens with zero attached hydrogens (tertiary/aromatic N) is 3. The number of piperazine rings is 1. The summed E-state index contributed by atoms with van der Waals surface area (Å²) >= 11 is 0. The summed E-state index contributed by atoms with van der Waals surface area (Å²) in [6.07, 6.45) is 1.50. The van der Waals surface area contributed by atoms with Gasteiger partial charge >= 0.3 is 0 Å². The molecule has 2 unspecified atom stereocenters. The van der Waals surface area contributed by atoms with E-state index >= 15 is 0 Å². The Morgan fingerprint density at radius 3 is 2.52 bits per heavy atom. The molecule has 3 heterocycles. The SMILES string of the molecule is COc1cccc(C2CN(C(=O)c3ccco3)CC2C(=O)N2CCN(C)CC2)c1. The predicted molar refractivity (Wildman–Crippen MR) is 108 cm³/mol. The van der Waals surface area contributed by atoms with Crippen LogP contribution < -0.4 is 4.74 Å². The van der Waals surface area contributed by atoms with Gasteiger partial charge in [-0.15, -0.1) is 0 Å². The molecule has 0 bridgehead atoms. The van der Waals surface area contributed by atoms with Gasteiger partial charge in [0.15, 0.2) is 5.76 Å². The molecule has 1 aromatic carbocycles. The van der Waals surface area contributed by atoms with E-state index in [-0.39, 0.29) is 23.7 Å². The molecule has 2 aliphatic heterocycles. The average Bonchev–Trinajstić information content (AvgIpc) is 3.44. The molecule has 154 valence electrons. The highest BCUT2D eigenvalue weighted by Crippen LogP contribution is 2.36. The first-order valence-electron chi connectivity index (χ1n) is 10.0. The van der Waals surface area contributed by atoms with Crippen molar-refractivity contribution in [3.05, 3.63) is 54.0 Å². The Bertz CT molecular complexity index is 859. The number of hydrogen-bond donors (Lipinski definition) is 0. The lowest BCUT2D eigenvalue weighted by Crippen LogP contribution is -2.50. The number of carbonyl (C=O) groups is 2. The van der Waals surface area contributed by atoms with Gasteiger partial charge in [-0.05, 0) is 36.9 Å². The van der Waals surface area contributed by atoms with Crippen LogP contribution in [0.2, 0.25) is 0 Å². The van der Waals surface area contributed by atoms with Crippen LogP contribution in [0.1, 0.15) is 22.0 Å². The summed E-state index contributed by atoms with van der Waals surface area (Å²) in [5.74, 6) is 0.670. The number of carbonyl (C=O) groups excluding carboxylic acids is 2. The number of likely N-dealkylation sites (tertiary alicyclic amines) is 1. The monoisotopic (exact) mass is 397 g/mol. The Balaban J connectivity index is 1.60. The fraction of sp³-hybridized carbons (Fsp3) is 0.455. The number of methoxy groups -OCH3 is 1. The highest BCUT2D eigenvalue weighted by atomic mass is 16.5. The molecule has 0 N–H and O–H groups in total. The molecule has 2 fully saturated rings. The van der Waals surface area contributed by atoms with Crippen LogP contribution in [0, 0.1) is 5.92 Å². The van der Waals surface area contributed by atoms with Crippen LogP contribution in [0.5, 0.6) is 5.75 Å². The molecule has 2 aromatic rings. The first-order valence-corrected chi connectivity index (χ1v) is 10.0. The van der Waals surface area contributed by atoms with Gasteiger partial charge in [0.05, 0.1) is 19.3 Å². The summed E-state index contributed by atoms with van der Waals surface area (Å²) in [6.45, 7) is 4.07. The van der Waals surface area contributed by atoms with Crippen molar-refractivity contribution in [3.8, 4) is 5.75 Å². The van der Waals surface area contributed by atoms with Crippen LogP contribution in [-0.2, 0) is 4.79 Å². The largest absolute Gasteiger partial charge is 0.497 e. The highest BCUT2D eigenvalue weighted by Gasteiger charge is 2.43. The zero-order valence-electron chi connectivity index (χ0n) is 16.9. The summed E-state index contributed by atoms with van der Waals surface area (Å²) in [6, 6.07) is 11.2. The van der Waals surface area contributed by atoms with Crippen molar-refractivity contribution in [3.63, 3.8) is 0 Å². The molecule has 7 heteroatoms. The molecule has 0 aliphatic carbocycles. The van der Waals surface area contributed by atoms with Crippen molar-refractivity contribution in [2.24, 2.45) is 5.92 Å².